The molecule has 0 aliphatic rings. The van der Waals surface area contributed by atoms with Gasteiger partial charge in [-0.25, -0.2) is 0 Å². The molecular weight excluding hydrogens is 354 g/mol. The van der Waals surface area contributed by atoms with E-state index in [-0.39, 0.29) is 19.8 Å². The average molecular weight is 396 g/mol. The molecule has 0 aliphatic heterocycles. The first-order valence-corrected chi connectivity index (χ1v) is 9.64. The lowest BCUT2D eigenvalue weighted by atomic mass is 9.91. The van der Waals surface area contributed by atoms with Gasteiger partial charge in [0.25, 0.3) is 0 Å². The molecule has 0 radical (unpaired) electrons. The third kappa shape index (κ3) is 13.4. The zero-order valence-electron chi connectivity index (χ0n) is 17.4. The lowest BCUT2D eigenvalue weighted by molar-refractivity contribution is -0.0965. The summed E-state index contributed by atoms with van der Waals surface area (Å²) < 4.78 is 17.2. The van der Waals surface area contributed by atoms with Crippen molar-refractivity contribution in [2.24, 2.45) is 5.41 Å². The first-order chi connectivity index (χ1) is 12.9. The molecule has 164 valence electrons. The highest BCUT2D eigenvalue weighted by Crippen LogP contribution is 2.19. The van der Waals surface area contributed by atoms with Gasteiger partial charge in [-0.3, -0.25) is 0 Å². The second-order valence-electron chi connectivity index (χ2n) is 7.06. The fourth-order valence-electron chi connectivity index (χ4n) is 2.59. The molecule has 0 fully saturated rings. The van der Waals surface area contributed by atoms with E-state index in [0.717, 1.165) is 0 Å². The maximum absolute atomic E-state index is 9.83. The highest BCUT2D eigenvalue weighted by atomic mass is 16.5. The summed E-state index contributed by atoms with van der Waals surface area (Å²) in [6.07, 6.45) is -1.07. The van der Waals surface area contributed by atoms with Gasteiger partial charge in [-0.05, 0) is 27.6 Å². The van der Waals surface area contributed by atoms with Crippen LogP contribution in [0.3, 0.4) is 0 Å². The Morgan fingerprint density at radius 3 is 1.44 bits per heavy atom. The summed E-state index contributed by atoms with van der Waals surface area (Å²) in [6.45, 7) is 4.97. The molecule has 27 heavy (non-hydrogen) atoms. The van der Waals surface area contributed by atoms with Crippen molar-refractivity contribution in [2.45, 2.75) is 31.7 Å². The first-order valence-electron chi connectivity index (χ1n) is 9.64. The third-order valence-electron chi connectivity index (χ3n) is 4.06. The zero-order valence-corrected chi connectivity index (χ0v) is 17.4. The normalized spacial score (nSPS) is 17.4. The van der Waals surface area contributed by atoms with Crippen molar-refractivity contribution in [1.82, 2.24) is 16.0 Å². The number of ether oxygens (including phenoxy) is 3. The number of hydrogen-bond donors (Lipinski definition) is 6. The molecule has 3 unspecified atom stereocenters. The maximum atomic E-state index is 9.83. The van der Waals surface area contributed by atoms with Crippen LogP contribution in [0.25, 0.3) is 0 Å². The second kappa shape index (κ2) is 16.6. The molecule has 0 aromatic heterocycles. The van der Waals surface area contributed by atoms with Gasteiger partial charge in [0.2, 0.25) is 0 Å². The van der Waals surface area contributed by atoms with Crippen LogP contribution < -0.4 is 16.0 Å². The molecule has 0 saturated heterocycles. The second-order valence-corrected chi connectivity index (χ2v) is 7.06. The number of aliphatic hydroxyl groups excluding tert-OH is 3. The molecule has 0 aromatic carbocycles. The van der Waals surface area contributed by atoms with Crippen LogP contribution in [0.4, 0.5) is 0 Å². The summed E-state index contributed by atoms with van der Waals surface area (Å²) in [5, 5.41) is 38.3. The molecule has 0 amide bonds. The predicted octanol–water partition coefficient (Wildman–Crippen LogP) is -1.83. The minimum absolute atomic E-state index is 0.201. The van der Waals surface area contributed by atoms with E-state index in [2.05, 4.69) is 16.0 Å². The van der Waals surface area contributed by atoms with Crippen molar-refractivity contribution in [3.63, 3.8) is 0 Å². The fraction of sp³-hybridized carbons (Fsp3) is 1.00. The zero-order chi connectivity index (χ0) is 20.5. The maximum Gasteiger partial charge on any atom is 0.0897 e. The van der Waals surface area contributed by atoms with Crippen LogP contribution in [0.15, 0.2) is 0 Å². The van der Waals surface area contributed by atoms with E-state index in [4.69, 9.17) is 14.2 Å². The molecule has 0 bridgehead atoms. The van der Waals surface area contributed by atoms with Crippen LogP contribution in [-0.4, -0.2) is 114 Å². The van der Waals surface area contributed by atoms with Crippen molar-refractivity contribution < 1.29 is 29.5 Å². The summed E-state index contributed by atoms with van der Waals surface area (Å²) in [5.41, 5.74) is -0.499. The van der Waals surface area contributed by atoms with Gasteiger partial charge in [-0.1, -0.05) is 6.92 Å². The van der Waals surface area contributed by atoms with E-state index in [1.807, 2.05) is 14.0 Å². The van der Waals surface area contributed by atoms with Gasteiger partial charge in [0.15, 0.2) is 0 Å². The standard InChI is InChI=1S/C18H41N3O6/c1-5-15(22)8-25-12-18(11-21-4,13-26-9-16(23)6-19-2)14-27-10-17(24)7-20-3/h15-17,19-24H,5-14H2,1-4H3. The van der Waals surface area contributed by atoms with E-state index >= 15 is 0 Å². The molecule has 0 aliphatic carbocycles. The minimum Gasteiger partial charge on any atom is -0.391 e. The van der Waals surface area contributed by atoms with E-state index in [1.165, 1.54) is 0 Å². The lowest BCUT2D eigenvalue weighted by Gasteiger charge is -2.34. The molecule has 0 rings (SSSR count). The Kier molecular flexibility index (Phi) is 16.4. The Morgan fingerprint density at radius 2 is 1.11 bits per heavy atom. The van der Waals surface area contributed by atoms with Crippen LogP contribution in [0.1, 0.15) is 13.3 Å². The number of hydrogen-bond acceptors (Lipinski definition) is 9. The van der Waals surface area contributed by atoms with Crippen molar-refractivity contribution in [1.29, 1.82) is 0 Å². The number of nitrogens with one attached hydrogen (secondary N) is 3. The van der Waals surface area contributed by atoms with Crippen LogP contribution in [0.5, 0.6) is 0 Å². The van der Waals surface area contributed by atoms with Gasteiger partial charge in [0.05, 0.1) is 63.4 Å². The van der Waals surface area contributed by atoms with Gasteiger partial charge in [-0.15, -0.1) is 0 Å². The topological polar surface area (TPSA) is 124 Å². The van der Waals surface area contributed by atoms with Gasteiger partial charge in [0, 0.05) is 19.6 Å². The minimum atomic E-state index is -0.594. The Bertz CT molecular complexity index is 320. The molecule has 9 nitrogen and oxygen atoms in total. The molecule has 0 heterocycles. The van der Waals surface area contributed by atoms with Gasteiger partial charge < -0.3 is 45.5 Å². The van der Waals surface area contributed by atoms with Crippen molar-refractivity contribution in [2.75, 3.05) is 80.4 Å². The number of aliphatic hydroxyl groups is 3. The summed E-state index contributed by atoms with van der Waals surface area (Å²) >= 11 is 0. The third-order valence-corrected chi connectivity index (χ3v) is 4.06. The highest BCUT2D eigenvalue weighted by molar-refractivity contribution is 4.82. The molecule has 0 spiro atoms. The van der Waals surface area contributed by atoms with E-state index < -0.39 is 23.7 Å². The summed E-state index contributed by atoms with van der Waals surface area (Å²) in [6, 6.07) is 0. The monoisotopic (exact) mass is 395 g/mol. The average Bonchev–Trinajstić information content (AvgIpc) is 2.62. The smallest absolute Gasteiger partial charge is 0.0897 e. The summed E-state index contributed by atoms with van der Waals surface area (Å²) in [4.78, 5) is 0. The Labute approximate surface area is 163 Å². The van der Waals surface area contributed by atoms with Crippen LogP contribution >= 0.6 is 0 Å². The Balaban J connectivity index is 4.75. The molecule has 6 N–H and O–H groups in total. The molecule has 3 atom stereocenters. The van der Waals surface area contributed by atoms with Gasteiger partial charge in [0.1, 0.15) is 0 Å². The van der Waals surface area contributed by atoms with E-state index in [1.54, 1.807) is 14.1 Å². The number of rotatable bonds is 19. The first kappa shape index (κ1) is 26.6. The molecule has 0 aromatic rings. The predicted molar refractivity (Wildman–Crippen MR) is 105 cm³/mol. The highest BCUT2D eigenvalue weighted by Gasteiger charge is 2.32. The van der Waals surface area contributed by atoms with Crippen molar-refractivity contribution in [3.8, 4) is 0 Å². The van der Waals surface area contributed by atoms with Gasteiger partial charge >= 0.3 is 0 Å². The molecule has 9 heteroatoms. The largest absolute Gasteiger partial charge is 0.391 e. The summed E-state index contributed by atoms with van der Waals surface area (Å²) in [7, 11) is 5.37. The van der Waals surface area contributed by atoms with Crippen molar-refractivity contribution >= 4 is 0 Å². The van der Waals surface area contributed by atoms with Gasteiger partial charge in [-0.2, -0.15) is 0 Å². The van der Waals surface area contributed by atoms with E-state index in [9.17, 15) is 15.3 Å². The van der Waals surface area contributed by atoms with Crippen molar-refractivity contribution in [3.05, 3.63) is 0 Å². The molecule has 0 saturated carbocycles. The quantitative estimate of drug-likeness (QED) is 0.150. The Hall–Kier alpha value is -0.360. The van der Waals surface area contributed by atoms with Crippen LogP contribution in [0.2, 0.25) is 0 Å². The number of likely N-dealkylation sites (N-methyl/N-ethyl adjacent to an activating group) is 2. The van der Waals surface area contributed by atoms with Crippen LogP contribution in [0, 0.1) is 5.41 Å². The fourth-order valence-corrected chi connectivity index (χ4v) is 2.59. The lowest BCUT2D eigenvalue weighted by Crippen LogP contribution is -2.46. The van der Waals surface area contributed by atoms with E-state index in [0.29, 0.717) is 45.9 Å². The molecular formula is C18H41N3O6. The summed E-state index contributed by atoms with van der Waals surface area (Å²) in [5.74, 6) is 0. The van der Waals surface area contributed by atoms with Crippen LogP contribution in [-0.2, 0) is 14.2 Å². The Morgan fingerprint density at radius 1 is 0.704 bits per heavy atom. The SMILES string of the molecule is CCC(O)COCC(CNC)(COCC(O)CNC)COCC(O)CNC.